The number of nitrogens with zero attached hydrogens (tertiary/aromatic N) is 4. The van der Waals surface area contributed by atoms with Crippen LogP contribution in [0.5, 0.6) is 0 Å². The molecule has 2 aromatic rings. The zero-order chi connectivity index (χ0) is 20.0. The fourth-order valence-electron chi connectivity index (χ4n) is 2.87. The summed E-state index contributed by atoms with van der Waals surface area (Å²) in [6.45, 7) is 5.26. The van der Waals surface area contributed by atoms with Crippen LogP contribution in [-0.2, 0) is 19.3 Å². The maximum absolute atomic E-state index is 12.7. The van der Waals surface area contributed by atoms with Gasteiger partial charge in [0.25, 0.3) is 0 Å². The van der Waals surface area contributed by atoms with Gasteiger partial charge in [0, 0.05) is 31.2 Å². The second kappa shape index (κ2) is 9.22. The third kappa shape index (κ3) is 5.57. The van der Waals surface area contributed by atoms with Crippen molar-refractivity contribution in [1.29, 1.82) is 0 Å². The molecule has 0 bridgehead atoms. The molecule has 10 heteroatoms. The first-order valence-electron chi connectivity index (χ1n) is 9.19. The van der Waals surface area contributed by atoms with E-state index in [1.807, 2.05) is 19.1 Å². The second-order valence-corrected chi connectivity index (χ2v) is 7.33. The molecular weight excluding hydrogens is 389 g/mol. The molecule has 0 atom stereocenters. The summed E-state index contributed by atoms with van der Waals surface area (Å²) in [5.41, 5.74) is 0.171. The zero-order valence-corrected chi connectivity index (χ0v) is 16.4. The van der Waals surface area contributed by atoms with Crippen LogP contribution in [0.4, 0.5) is 19.0 Å². The number of aromatic nitrogens is 2. The summed E-state index contributed by atoms with van der Waals surface area (Å²) in [7, 11) is 0. The van der Waals surface area contributed by atoms with Gasteiger partial charge in [-0.15, -0.1) is 11.3 Å². The van der Waals surface area contributed by atoms with E-state index in [1.165, 1.54) is 12.8 Å². The Kier molecular flexibility index (Phi) is 6.71. The number of nitrogens with one attached hydrogen (secondary N) is 2. The molecule has 0 unspecified atom stereocenters. The van der Waals surface area contributed by atoms with Gasteiger partial charge < -0.3 is 15.5 Å². The predicted octanol–water partition coefficient (Wildman–Crippen LogP) is 3.41. The number of pyridine rings is 1. The average Bonchev–Trinajstić information content (AvgIpc) is 3.36. The van der Waals surface area contributed by atoms with Gasteiger partial charge in [-0.05, 0) is 37.5 Å². The fraction of sp³-hybridized carbons (Fsp3) is 0.500. The fourth-order valence-corrected chi connectivity index (χ4v) is 3.61. The molecule has 1 aliphatic rings. The first kappa shape index (κ1) is 20.4. The molecule has 1 aliphatic heterocycles. The number of anilines is 1. The summed E-state index contributed by atoms with van der Waals surface area (Å²) in [6.07, 6.45) is -0.258. The van der Waals surface area contributed by atoms with Crippen LogP contribution in [0, 0.1) is 0 Å². The third-order valence-electron chi connectivity index (χ3n) is 4.25. The van der Waals surface area contributed by atoms with Crippen LogP contribution in [-0.4, -0.2) is 35.6 Å². The zero-order valence-electron chi connectivity index (χ0n) is 15.6. The van der Waals surface area contributed by atoms with Crippen molar-refractivity contribution < 1.29 is 13.2 Å². The Balaban J connectivity index is 1.61. The van der Waals surface area contributed by atoms with Gasteiger partial charge in [-0.3, -0.25) is 0 Å². The number of thiazole rings is 1. The Labute approximate surface area is 165 Å². The molecule has 6 nitrogen and oxygen atoms in total. The highest BCUT2D eigenvalue weighted by molar-refractivity contribution is 7.09. The number of alkyl halides is 3. The highest BCUT2D eigenvalue weighted by Crippen LogP contribution is 2.29. The van der Waals surface area contributed by atoms with Crippen molar-refractivity contribution >= 4 is 23.1 Å². The monoisotopic (exact) mass is 412 g/mol. The van der Waals surface area contributed by atoms with Gasteiger partial charge in [-0.1, -0.05) is 0 Å². The number of hydrogen-bond donors (Lipinski definition) is 2. The molecule has 0 aromatic carbocycles. The van der Waals surface area contributed by atoms with Crippen LogP contribution in [0.25, 0.3) is 0 Å². The minimum Gasteiger partial charge on any atom is -0.357 e. The van der Waals surface area contributed by atoms with Gasteiger partial charge in [-0.2, -0.15) is 13.2 Å². The van der Waals surface area contributed by atoms with E-state index in [9.17, 15) is 13.2 Å². The van der Waals surface area contributed by atoms with Crippen molar-refractivity contribution in [2.45, 2.75) is 39.0 Å². The topological polar surface area (TPSA) is 65.4 Å². The normalized spacial score (nSPS) is 15.1. The van der Waals surface area contributed by atoms with Crippen LogP contribution < -0.4 is 15.5 Å². The van der Waals surface area contributed by atoms with E-state index in [0.717, 1.165) is 41.2 Å². The third-order valence-corrected chi connectivity index (χ3v) is 5.10. The van der Waals surface area contributed by atoms with E-state index in [4.69, 9.17) is 0 Å². The van der Waals surface area contributed by atoms with E-state index >= 15 is 0 Å². The van der Waals surface area contributed by atoms with Crippen molar-refractivity contribution in [1.82, 2.24) is 20.6 Å². The molecule has 1 saturated heterocycles. The molecule has 2 N–H and O–H groups in total. The molecule has 0 aliphatic carbocycles. The Hall–Kier alpha value is -2.36. The standard InChI is InChI=1S/C18H23F3N6S/c1-2-22-17(25-11-16-26-14(12-28-16)18(19,20)21)24-10-13-5-6-23-15(9-13)27-7-3-4-8-27/h5-6,9,12H,2-4,7-8,10-11H2,1H3,(H2,22,24,25). The summed E-state index contributed by atoms with van der Waals surface area (Å²) >= 11 is 0.977. The van der Waals surface area contributed by atoms with E-state index in [1.54, 1.807) is 6.20 Å². The van der Waals surface area contributed by atoms with E-state index in [0.29, 0.717) is 24.1 Å². The summed E-state index contributed by atoms with van der Waals surface area (Å²) in [5, 5.41) is 7.52. The smallest absolute Gasteiger partial charge is 0.357 e. The van der Waals surface area contributed by atoms with E-state index in [-0.39, 0.29) is 6.54 Å². The molecule has 152 valence electrons. The Bertz CT molecular complexity index is 799. The van der Waals surface area contributed by atoms with Crippen molar-refractivity contribution in [3.8, 4) is 0 Å². The van der Waals surface area contributed by atoms with Crippen LogP contribution in [0.15, 0.2) is 28.7 Å². The molecular formula is C18H23F3N6S. The lowest BCUT2D eigenvalue weighted by atomic mass is 10.2. The van der Waals surface area contributed by atoms with E-state index < -0.39 is 11.9 Å². The highest BCUT2D eigenvalue weighted by Gasteiger charge is 2.33. The van der Waals surface area contributed by atoms with Crippen molar-refractivity contribution in [3.63, 3.8) is 0 Å². The number of hydrogen-bond acceptors (Lipinski definition) is 5. The van der Waals surface area contributed by atoms with Crippen molar-refractivity contribution in [3.05, 3.63) is 40.0 Å². The lowest BCUT2D eigenvalue weighted by Gasteiger charge is -2.16. The lowest BCUT2D eigenvalue weighted by Crippen LogP contribution is -2.36. The number of guanidine groups is 1. The van der Waals surface area contributed by atoms with Gasteiger partial charge in [0.05, 0.1) is 13.1 Å². The summed E-state index contributed by atoms with van der Waals surface area (Å²) in [5.74, 6) is 1.50. The van der Waals surface area contributed by atoms with Crippen LogP contribution in [0.3, 0.4) is 0 Å². The molecule has 0 saturated carbocycles. The van der Waals surface area contributed by atoms with Crippen LogP contribution in [0.2, 0.25) is 0 Å². The number of aliphatic imine (C=N–C) groups is 1. The predicted molar refractivity (Wildman–Crippen MR) is 104 cm³/mol. The van der Waals surface area contributed by atoms with E-state index in [2.05, 4.69) is 30.5 Å². The van der Waals surface area contributed by atoms with Gasteiger partial charge in [0.1, 0.15) is 10.8 Å². The Morgan fingerprint density at radius 3 is 2.75 bits per heavy atom. The van der Waals surface area contributed by atoms with Gasteiger partial charge in [0.2, 0.25) is 0 Å². The summed E-state index contributed by atoms with van der Waals surface area (Å²) in [4.78, 5) is 14.8. The highest BCUT2D eigenvalue weighted by atomic mass is 32.1. The second-order valence-electron chi connectivity index (χ2n) is 6.39. The maximum Gasteiger partial charge on any atom is 0.434 e. The molecule has 28 heavy (non-hydrogen) atoms. The average molecular weight is 412 g/mol. The van der Waals surface area contributed by atoms with Crippen LogP contribution >= 0.6 is 11.3 Å². The SMILES string of the molecule is CCNC(=NCc1ccnc(N2CCCC2)c1)NCc1nc(C(F)(F)F)cs1. The van der Waals surface area contributed by atoms with Crippen molar-refractivity contribution in [2.24, 2.45) is 4.99 Å². The van der Waals surface area contributed by atoms with Gasteiger partial charge in [0.15, 0.2) is 11.7 Å². The first-order valence-corrected chi connectivity index (χ1v) is 10.1. The Morgan fingerprint density at radius 1 is 1.29 bits per heavy atom. The first-order chi connectivity index (χ1) is 13.5. The van der Waals surface area contributed by atoms with Gasteiger partial charge >= 0.3 is 6.18 Å². The number of rotatable bonds is 6. The summed E-state index contributed by atoms with van der Waals surface area (Å²) in [6, 6.07) is 3.96. The molecule has 0 radical (unpaired) electrons. The molecule has 0 amide bonds. The Morgan fingerprint density at radius 2 is 2.07 bits per heavy atom. The quantitative estimate of drug-likeness (QED) is 0.562. The summed E-state index contributed by atoms with van der Waals surface area (Å²) < 4.78 is 38.0. The maximum atomic E-state index is 12.7. The molecule has 3 heterocycles. The molecule has 3 rings (SSSR count). The lowest BCUT2D eigenvalue weighted by molar-refractivity contribution is -0.140. The molecule has 2 aromatic heterocycles. The minimum absolute atomic E-state index is 0.182. The molecule has 0 spiro atoms. The molecule has 1 fully saturated rings. The van der Waals surface area contributed by atoms with Gasteiger partial charge in [-0.25, -0.2) is 15.0 Å². The van der Waals surface area contributed by atoms with Crippen molar-refractivity contribution in [2.75, 3.05) is 24.5 Å². The largest absolute Gasteiger partial charge is 0.434 e. The van der Waals surface area contributed by atoms with Crippen LogP contribution in [0.1, 0.15) is 36.0 Å². The minimum atomic E-state index is -4.41. The number of halogens is 3.